The van der Waals surface area contributed by atoms with Crippen LogP contribution in [0.5, 0.6) is 0 Å². The fourth-order valence-electron chi connectivity index (χ4n) is 2.56. The van der Waals surface area contributed by atoms with Gasteiger partial charge in [-0.2, -0.15) is 4.98 Å². The molecule has 1 aromatic heterocycles. The predicted octanol–water partition coefficient (Wildman–Crippen LogP) is 3.87. The SMILES string of the molecule is CCOC(C#Cc1cnc(Cl)nc1NC[C@@H](NC(=O)CC(C)(C)C)C(C)C)OCC. The summed E-state index contributed by atoms with van der Waals surface area (Å²) < 4.78 is 10.9. The number of nitrogens with one attached hydrogen (secondary N) is 2. The van der Waals surface area contributed by atoms with Gasteiger partial charge in [0.2, 0.25) is 17.5 Å². The lowest BCUT2D eigenvalue weighted by Crippen LogP contribution is -2.44. The second kappa shape index (κ2) is 12.7. The Balaban J connectivity index is 2.93. The second-order valence-corrected chi connectivity index (χ2v) is 8.79. The molecule has 0 spiro atoms. The Morgan fingerprint density at radius 1 is 1.23 bits per heavy atom. The molecule has 0 saturated carbocycles. The van der Waals surface area contributed by atoms with Crippen LogP contribution >= 0.6 is 11.6 Å². The average molecular weight is 439 g/mol. The first-order valence-corrected chi connectivity index (χ1v) is 10.7. The van der Waals surface area contributed by atoms with Crippen molar-refractivity contribution in [2.24, 2.45) is 11.3 Å². The van der Waals surface area contributed by atoms with Crippen molar-refractivity contribution in [3.63, 3.8) is 0 Å². The zero-order valence-electron chi connectivity index (χ0n) is 19.1. The van der Waals surface area contributed by atoms with Gasteiger partial charge in [0.15, 0.2) is 0 Å². The number of amides is 1. The topological polar surface area (TPSA) is 85.4 Å². The van der Waals surface area contributed by atoms with Gasteiger partial charge >= 0.3 is 0 Å². The summed E-state index contributed by atoms with van der Waals surface area (Å²) in [6.45, 7) is 15.5. The summed E-state index contributed by atoms with van der Waals surface area (Å²) in [7, 11) is 0. The molecule has 0 aliphatic carbocycles. The van der Waals surface area contributed by atoms with Crippen LogP contribution in [0.15, 0.2) is 6.20 Å². The van der Waals surface area contributed by atoms with Crippen molar-refractivity contribution >= 4 is 23.3 Å². The van der Waals surface area contributed by atoms with E-state index in [0.29, 0.717) is 37.6 Å². The number of hydrogen-bond donors (Lipinski definition) is 2. The number of carbonyl (C=O) groups excluding carboxylic acids is 1. The lowest BCUT2D eigenvalue weighted by atomic mass is 9.91. The summed E-state index contributed by atoms with van der Waals surface area (Å²) in [6, 6.07) is -0.0750. The molecule has 1 aromatic rings. The third-order valence-corrected chi connectivity index (χ3v) is 4.23. The summed E-state index contributed by atoms with van der Waals surface area (Å²) in [5, 5.41) is 6.48. The van der Waals surface area contributed by atoms with E-state index in [9.17, 15) is 4.79 Å². The first-order valence-electron chi connectivity index (χ1n) is 10.4. The Morgan fingerprint density at radius 2 is 1.87 bits per heavy atom. The Bertz CT molecular complexity index is 732. The Labute approximate surface area is 185 Å². The number of anilines is 1. The van der Waals surface area contributed by atoms with Gasteiger partial charge in [0.1, 0.15) is 5.82 Å². The second-order valence-electron chi connectivity index (χ2n) is 8.45. The van der Waals surface area contributed by atoms with Crippen LogP contribution in [0.2, 0.25) is 5.28 Å². The number of hydrogen-bond acceptors (Lipinski definition) is 6. The molecule has 7 nitrogen and oxygen atoms in total. The Hall–Kier alpha value is -1.88. The molecule has 0 aromatic carbocycles. The number of rotatable bonds is 10. The molecule has 30 heavy (non-hydrogen) atoms. The van der Waals surface area contributed by atoms with E-state index in [1.165, 1.54) is 0 Å². The van der Waals surface area contributed by atoms with E-state index in [0.717, 1.165) is 0 Å². The van der Waals surface area contributed by atoms with Gasteiger partial charge in [0.05, 0.1) is 5.56 Å². The minimum absolute atomic E-state index is 0.0278. The van der Waals surface area contributed by atoms with Crippen molar-refractivity contribution in [3.8, 4) is 11.8 Å². The van der Waals surface area contributed by atoms with Gasteiger partial charge in [-0.3, -0.25) is 4.79 Å². The largest absolute Gasteiger partial charge is 0.367 e. The lowest BCUT2D eigenvalue weighted by Gasteiger charge is -2.25. The minimum Gasteiger partial charge on any atom is -0.367 e. The Morgan fingerprint density at radius 3 is 2.40 bits per heavy atom. The maximum absolute atomic E-state index is 12.4. The minimum atomic E-state index is -0.622. The third kappa shape index (κ3) is 10.2. The van der Waals surface area contributed by atoms with Gasteiger partial charge in [0.25, 0.3) is 0 Å². The normalized spacial score (nSPS) is 12.5. The molecule has 0 unspecified atom stereocenters. The fourth-order valence-corrected chi connectivity index (χ4v) is 2.69. The van der Waals surface area contributed by atoms with Gasteiger partial charge in [-0.15, -0.1) is 0 Å². The Kier molecular flexibility index (Phi) is 11.1. The highest BCUT2D eigenvalue weighted by molar-refractivity contribution is 6.28. The van der Waals surface area contributed by atoms with Crippen molar-refractivity contribution in [2.75, 3.05) is 25.1 Å². The molecule has 0 radical (unpaired) electrons. The summed E-state index contributed by atoms with van der Waals surface area (Å²) >= 11 is 5.98. The van der Waals surface area contributed by atoms with Crippen LogP contribution in [-0.2, 0) is 14.3 Å². The molecule has 8 heteroatoms. The van der Waals surface area contributed by atoms with E-state index in [1.54, 1.807) is 6.20 Å². The summed E-state index contributed by atoms with van der Waals surface area (Å²) in [5.41, 5.74) is 0.506. The van der Waals surface area contributed by atoms with E-state index in [4.69, 9.17) is 21.1 Å². The van der Waals surface area contributed by atoms with Gasteiger partial charge in [-0.05, 0) is 42.7 Å². The average Bonchev–Trinajstić information content (AvgIpc) is 2.62. The first kappa shape index (κ1) is 26.2. The lowest BCUT2D eigenvalue weighted by molar-refractivity contribution is -0.123. The summed E-state index contributed by atoms with van der Waals surface area (Å²) in [6.07, 6.45) is 1.40. The molecule has 0 aliphatic heterocycles. The van der Waals surface area contributed by atoms with Crippen LogP contribution in [-0.4, -0.2) is 48.0 Å². The molecule has 0 saturated heterocycles. The van der Waals surface area contributed by atoms with Crippen molar-refractivity contribution in [1.29, 1.82) is 0 Å². The van der Waals surface area contributed by atoms with E-state index >= 15 is 0 Å². The van der Waals surface area contributed by atoms with Crippen molar-refractivity contribution in [1.82, 2.24) is 15.3 Å². The maximum atomic E-state index is 12.4. The van der Waals surface area contributed by atoms with Crippen LogP contribution < -0.4 is 10.6 Å². The molecule has 168 valence electrons. The highest BCUT2D eigenvalue weighted by atomic mass is 35.5. The van der Waals surface area contributed by atoms with Crippen LogP contribution in [0.25, 0.3) is 0 Å². The van der Waals surface area contributed by atoms with E-state index in [-0.39, 0.29) is 28.6 Å². The van der Waals surface area contributed by atoms with Crippen LogP contribution in [0.1, 0.15) is 60.5 Å². The van der Waals surface area contributed by atoms with E-state index in [2.05, 4.69) is 46.3 Å². The van der Waals surface area contributed by atoms with Gasteiger partial charge in [-0.25, -0.2) is 4.98 Å². The maximum Gasteiger partial charge on any atom is 0.224 e. The van der Waals surface area contributed by atoms with Gasteiger partial charge in [-0.1, -0.05) is 40.5 Å². The summed E-state index contributed by atoms with van der Waals surface area (Å²) in [5.74, 6) is 6.70. The predicted molar refractivity (Wildman–Crippen MR) is 120 cm³/mol. The number of aromatic nitrogens is 2. The van der Waals surface area contributed by atoms with E-state index in [1.807, 2.05) is 34.6 Å². The van der Waals surface area contributed by atoms with E-state index < -0.39 is 6.29 Å². The smallest absolute Gasteiger partial charge is 0.224 e. The highest BCUT2D eigenvalue weighted by Crippen LogP contribution is 2.19. The number of ether oxygens (including phenoxy) is 2. The molecular formula is C22H35ClN4O3. The van der Waals surface area contributed by atoms with Crippen molar-refractivity contribution < 1.29 is 14.3 Å². The fraction of sp³-hybridized carbons (Fsp3) is 0.682. The quantitative estimate of drug-likeness (QED) is 0.327. The van der Waals surface area contributed by atoms with Gasteiger partial charge in [0, 0.05) is 38.4 Å². The molecule has 0 bridgehead atoms. The monoisotopic (exact) mass is 438 g/mol. The number of carbonyl (C=O) groups is 1. The van der Waals surface area contributed by atoms with Crippen LogP contribution in [0, 0.1) is 23.2 Å². The van der Waals surface area contributed by atoms with Gasteiger partial charge < -0.3 is 20.1 Å². The molecule has 1 amide bonds. The zero-order chi connectivity index (χ0) is 22.7. The number of halogens is 1. The first-order chi connectivity index (χ1) is 14.1. The molecule has 0 aliphatic rings. The third-order valence-electron chi connectivity index (χ3n) is 4.05. The van der Waals surface area contributed by atoms with Crippen LogP contribution in [0.4, 0.5) is 5.82 Å². The molecule has 1 heterocycles. The molecule has 1 atom stereocenters. The zero-order valence-corrected chi connectivity index (χ0v) is 19.9. The molecule has 0 fully saturated rings. The van der Waals surface area contributed by atoms with Crippen molar-refractivity contribution in [2.45, 2.75) is 67.2 Å². The molecular weight excluding hydrogens is 404 g/mol. The highest BCUT2D eigenvalue weighted by Gasteiger charge is 2.21. The van der Waals surface area contributed by atoms with Crippen molar-refractivity contribution in [3.05, 3.63) is 17.0 Å². The summed E-state index contributed by atoms with van der Waals surface area (Å²) in [4.78, 5) is 20.7. The molecule has 1 rings (SSSR count). The van der Waals surface area contributed by atoms with Crippen LogP contribution in [0.3, 0.4) is 0 Å². The molecule has 2 N–H and O–H groups in total. The number of nitrogens with zero attached hydrogens (tertiary/aromatic N) is 2. The standard InChI is InChI=1S/C22H35ClN4O3/c1-8-29-19(30-9-2)11-10-16-13-25-21(23)27-20(16)24-14-17(15(3)4)26-18(28)12-22(5,6)7/h13,15,17,19H,8-9,12,14H2,1-7H3,(H,26,28)(H,24,25,27)/t17-/m1/s1.